The average Bonchev–Trinajstić information content (AvgIpc) is 2.58. The van der Waals surface area contributed by atoms with Crippen molar-refractivity contribution in [3.8, 4) is 0 Å². The second-order valence-electron chi connectivity index (χ2n) is 8.67. The van der Waals surface area contributed by atoms with Gasteiger partial charge in [0.05, 0.1) is 19.3 Å². The number of halogens is 1. The number of methoxy groups -OCH3 is 1. The van der Waals surface area contributed by atoms with Gasteiger partial charge in [-0.15, -0.1) is 0 Å². The molecule has 0 saturated heterocycles. The van der Waals surface area contributed by atoms with Crippen molar-refractivity contribution in [1.82, 2.24) is 0 Å². The van der Waals surface area contributed by atoms with Crippen LogP contribution in [-0.4, -0.2) is 39.9 Å². The molecular formula is C22H43IO3Si. The molecule has 3 nitrogen and oxygen atoms in total. The summed E-state index contributed by atoms with van der Waals surface area (Å²) in [7, 11) is -0.255. The van der Waals surface area contributed by atoms with Gasteiger partial charge in [-0.1, -0.05) is 82.7 Å². The maximum absolute atomic E-state index is 9.62. The van der Waals surface area contributed by atoms with Crippen LogP contribution in [0.1, 0.15) is 68.2 Å². The Balaban J connectivity index is 5.66. The molecule has 0 aromatic heterocycles. The Morgan fingerprint density at radius 3 is 1.93 bits per heavy atom. The Morgan fingerprint density at radius 1 is 1.04 bits per heavy atom. The quantitative estimate of drug-likeness (QED) is 0.167. The van der Waals surface area contributed by atoms with Crippen LogP contribution in [0.15, 0.2) is 21.3 Å². The molecule has 0 bridgehead atoms. The first-order chi connectivity index (χ1) is 12.6. The first-order valence-corrected chi connectivity index (χ1v) is 13.7. The van der Waals surface area contributed by atoms with Crippen molar-refractivity contribution < 1.29 is 14.3 Å². The third-order valence-electron chi connectivity index (χ3n) is 5.94. The summed E-state index contributed by atoms with van der Waals surface area (Å²) in [5.41, 5.74) is 3.95. The molecule has 5 heteroatoms. The first kappa shape index (κ1) is 27.3. The smallest absolute Gasteiger partial charge is 0.200 e. The van der Waals surface area contributed by atoms with E-state index in [4.69, 9.17) is 9.16 Å². The standard InChI is InChI=1S/C22H43IO3Si/c1-16(2)27(17(3)4,18(5)6)26-22(20(8)12-13-23)11-10-19(7)21(14-24)15-25-9/h12-13,16-18,20,22,24H,10-11,14-15H2,1-9H3/b13-12+,21-19+/t20-,22-/m0/s1. The van der Waals surface area contributed by atoms with Gasteiger partial charge in [-0.2, -0.15) is 0 Å². The van der Waals surface area contributed by atoms with E-state index in [1.54, 1.807) is 7.11 Å². The molecule has 0 heterocycles. The number of hydrogen-bond acceptors (Lipinski definition) is 3. The van der Waals surface area contributed by atoms with Crippen LogP contribution >= 0.6 is 22.6 Å². The van der Waals surface area contributed by atoms with Gasteiger partial charge < -0.3 is 14.3 Å². The lowest BCUT2D eigenvalue weighted by Crippen LogP contribution is -2.51. The van der Waals surface area contributed by atoms with E-state index in [2.05, 4.69) is 88.1 Å². The van der Waals surface area contributed by atoms with Crippen molar-refractivity contribution in [2.45, 2.75) is 91.0 Å². The lowest BCUT2D eigenvalue weighted by Gasteiger charge is -2.45. The van der Waals surface area contributed by atoms with Crippen molar-refractivity contribution in [2.75, 3.05) is 20.3 Å². The summed E-state index contributed by atoms with van der Waals surface area (Å²) in [5, 5.41) is 9.62. The third kappa shape index (κ3) is 7.92. The van der Waals surface area contributed by atoms with Crippen molar-refractivity contribution in [3.05, 3.63) is 21.3 Å². The number of ether oxygens (including phenoxy) is 1. The zero-order valence-electron chi connectivity index (χ0n) is 19.0. The third-order valence-corrected chi connectivity index (χ3v) is 12.5. The van der Waals surface area contributed by atoms with Gasteiger partial charge in [0.2, 0.25) is 8.32 Å². The second-order valence-corrected chi connectivity index (χ2v) is 14.8. The van der Waals surface area contributed by atoms with Gasteiger partial charge in [0.25, 0.3) is 0 Å². The van der Waals surface area contributed by atoms with Crippen LogP contribution in [0.3, 0.4) is 0 Å². The Hall–Kier alpha value is 0.307. The molecule has 0 rings (SSSR count). The van der Waals surface area contributed by atoms with E-state index in [9.17, 15) is 5.11 Å². The molecule has 27 heavy (non-hydrogen) atoms. The predicted molar refractivity (Wildman–Crippen MR) is 129 cm³/mol. The molecule has 0 aliphatic rings. The maximum Gasteiger partial charge on any atom is 0.200 e. The fourth-order valence-electron chi connectivity index (χ4n) is 4.35. The first-order valence-electron chi connectivity index (χ1n) is 10.3. The lowest BCUT2D eigenvalue weighted by atomic mass is 9.97. The summed E-state index contributed by atoms with van der Waals surface area (Å²) in [6, 6.07) is 0. The van der Waals surface area contributed by atoms with Gasteiger partial charge in [0.1, 0.15) is 0 Å². The molecule has 0 radical (unpaired) electrons. The second kappa shape index (κ2) is 13.5. The molecule has 0 aromatic rings. The Bertz CT molecular complexity index is 450. The number of aliphatic hydroxyl groups is 1. The van der Waals surface area contributed by atoms with Gasteiger partial charge in [-0.05, 0) is 52.0 Å². The molecular weight excluding hydrogens is 467 g/mol. The largest absolute Gasteiger partial charge is 0.413 e. The van der Waals surface area contributed by atoms with Gasteiger partial charge in [-0.25, -0.2) is 0 Å². The highest BCUT2D eigenvalue weighted by molar-refractivity contribution is 14.1. The van der Waals surface area contributed by atoms with Crippen LogP contribution in [0.2, 0.25) is 16.6 Å². The number of hydrogen-bond donors (Lipinski definition) is 1. The number of aliphatic hydroxyl groups excluding tert-OH is 1. The molecule has 1 N–H and O–H groups in total. The fourth-order valence-corrected chi connectivity index (χ4v) is 10.7. The van der Waals surface area contributed by atoms with Gasteiger partial charge in [-0.3, -0.25) is 0 Å². The normalized spacial score (nSPS) is 16.5. The highest BCUT2D eigenvalue weighted by Crippen LogP contribution is 2.44. The highest BCUT2D eigenvalue weighted by atomic mass is 127. The molecule has 0 aromatic carbocycles. The van der Waals surface area contributed by atoms with E-state index in [1.165, 1.54) is 5.57 Å². The van der Waals surface area contributed by atoms with Crippen LogP contribution < -0.4 is 0 Å². The Labute approximate surface area is 183 Å². The van der Waals surface area contributed by atoms with E-state index < -0.39 is 8.32 Å². The molecule has 160 valence electrons. The molecule has 0 saturated carbocycles. The summed E-state index contributed by atoms with van der Waals surface area (Å²) in [4.78, 5) is 0. The van der Waals surface area contributed by atoms with E-state index in [1.807, 2.05) is 0 Å². The monoisotopic (exact) mass is 510 g/mol. The molecule has 0 fully saturated rings. The Morgan fingerprint density at radius 2 is 1.56 bits per heavy atom. The highest BCUT2D eigenvalue weighted by Gasteiger charge is 2.46. The molecule has 2 atom stereocenters. The van der Waals surface area contributed by atoms with Crippen molar-refractivity contribution in [3.63, 3.8) is 0 Å². The fraction of sp³-hybridized carbons (Fsp3) is 0.818. The van der Waals surface area contributed by atoms with Crippen molar-refractivity contribution in [1.29, 1.82) is 0 Å². The van der Waals surface area contributed by atoms with Crippen LogP contribution in [-0.2, 0) is 9.16 Å². The molecule has 0 unspecified atom stereocenters. The van der Waals surface area contributed by atoms with E-state index in [0.717, 1.165) is 18.4 Å². The topological polar surface area (TPSA) is 38.7 Å². The SMILES string of the molecule is COC/C(CO)=C(\C)CC[C@H](O[Si](C(C)C)(C(C)C)C(C)C)[C@@H](C)/C=C/I. The Kier molecular flexibility index (Phi) is 13.7. The minimum absolute atomic E-state index is 0.0665. The molecule has 0 spiro atoms. The van der Waals surface area contributed by atoms with Crippen LogP contribution in [0, 0.1) is 5.92 Å². The summed E-state index contributed by atoms with van der Waals surface area (Å²) in [6.45, 7) is 19.0. The minimum Gasteiger partial charge on any atom is -0.413 e. The van der Waals surface area contributed by atoms with Gasteiger partial charge in [0.15, 0.2) is 0 Å². The summed E-state index contributed by atoms with van der Waals surface area (Å²) >= 11 is 2.30. The zero-order chi connectivity index (χ0) is 21.2. The van der Waals surface area contributed by atoms with Crippen LogP contribution in [0.5, 0.6) is 0 Å². The van der Waals surface area contributed by atoms with Crippen molar-refractivity contribution >= 4 is 30.9 Å². The lowest BCUT2D eigenvalue weighted by molar-refractivity contribution is 0.130. The van der Waals surface area contributed by atoms with E-state index >= 15 is 0 Å². The van der Waals surface area contributed by atoms with Gasteiger partial charge in [0, 0.05) is 7.11 Å². The summed E-state index contributed by atoms with van der Waals surface area (Å²) < 4.78 is 14.5. The van der Waals surface area contributed by atoms with E-state index in [-0.39, 0.29) is 12.7 Å². The molecule has 0 aliphatic carbocycles. The van der Waals surface area contributed by atoms with Crippen molar-refractivity contribution in [2.24, 2.45) is 5.92 Å². The van der Waals surface area contributed by atoms with Gasteiger partial charge >= 0.3 is 0 Å². The van der Waals surface area contributed by atoms with Crippen LogP contribution in [0.25, 0.3) is 0 Å². The predicted octanol–water partition coefficient (Wildman–Crippen LogP) is 6.87. The minimum atomic E-state index is -1.93. The summed E-state index contributed by atoms with van der Waals surface area (Å²) in [6.07, 6.45) is 4.36. The van der Waals surface area contributed by atoms with E-state index in [0.29, 0.717) is 29.1 Å². The number of allylic oxidation sites excluding steroid dienone is 1. The van der Waals surface area contributed by atoms with Crippen LogP contribution in [0.4, 0.5) is 0 Å². The number of rotatable bonds is 13. The zero-order valence-corrected chi connectivity index (χ0v) is 22.2. The molecule has 0 aliphatic heterocycles. The molecule has 0 amide bonds. The maximum atomic E-state index is 9.62. The summed E-state index contributed by atoms with van der Waals surface area (Å²) in [5.74, 6) is 0.373. The average molecular weight is 511 g/mol.